The van der Waals surface area contributed by atoms with Gasteiger partial charge in [0.2, 0.25) is 11.8 Å². The third-order valence-electron chi connectivity index (χ3n) is 5.84. The fourth-order valence-electron chi connectivity index (χ4n) is 4.71. The predicted molar refractivity (Wildman–Crippen MR) is 84.4 cm³/mol. The van der Waals surface area contributed by atoms with E-state index >= 15 is 0 Å². The van der Waals surface area contributed by atoms with E-state index in [1.807, 2.05) is 13.8 Å². The molecular formula is C17H18N2O5. The summed E-state index contributed by atoms with van der Waals surface area (Å²) >= 11 is 0. The van der Waals surface area contributed by atoms with Crippen molar-refractivity contribution in [1.82, 2.24) is 0 Å². The van der Waals surface area contributed by atoms with Crippen molar-refractivity contribution in [1.29, 1.82) is 0 Å². The highest BCUT2D eigenvalue weighted by molar-refractivity contribution is 6.23. The summed E-state index contributed by atoms with van der Waals surface area (Å²) in [5, 5.41) is 10.9. The summed E-state index contributed by atoms with van der Waals surface area (Å²) in [6.07, 6.45) is 1.52. The number of nitro benzene ring substituents is 1. The van der Waals surface area contributed by atoms with Gasteiger partial charge in [-0.25, -0.2) is 4.90 Å². The molecule has 0 saturated carbocycles. The van der Waals surface area contributed by atoms with Crippen LogP contribution in [-0.4, -0.2) is 27.9 Å². The van der Waals surface area contributed by atoms with E-state index in [-0.39, 0.29) is 17.5 Å². The summed E-state index contributed by atoms with van der Waals surface area (Å²) < 4.78 is 6.06. The molecule has 1 aromatic carbocycles. The summed E-state index contributed by atoms with van der Waals surface area (Å²) in [4.78, 5) is 37.6. The topological polar surface area (TPSA) is 89.8 Å². The molecule has 3 saturated heterocycles. The molecule has 2 amide bonds. The number of amides is 2. The maximum absolute atomic E-state index is 13.0. The van der Waals surface area contributed by atoms with Crippen molar-refractivity contribution >= 4 is 23.2 Å². The number of benzene rings is 1. The van der Waals surface area contributed by atoms with Gasteiger partial charge in [0.05, 0.1) is 33.6 Å². The predicted octanol–water partition coefficient (Wildman–Crippen LogP) is 2.35. The number of ether oxygens (including phenoxy) is 1. The normalized spacial score (nSPS) is 37.2. The minimum Gasteiger partial charge on any atom is -0.367 e. The van der Waals surface area contributed by atoms with Crippen molar-refractivity contribution in [3.63, 3.8) is 0 Å². The summed E-state index contributed by atoms with van der Waals surface area (Å²) in [7, 11) is 0. The largest absolute Gasteiger partial charge is 0.367 e. The van der Waals surface area contributed by atoms with E-state index in [0.29, 0.717) is 11.3 Å². The Labute approximate surface area is 138 Å². The maximum Gasteiger partial charge on any atom is 0.269 e. The second kappa shape index (κ2) is 4.42. The molecule has 0 aromatic heterocycles. The number of hydrogen-bond donors (Lipinski definition) is 0. The van der Waals surface area contributed by atoms with Crippen LogP contribution >= 0.6 is 0 Å². The Kier molecular flexibility index (Phi) is 2.81. The molecule has 4 atom stereocenters. The van der Waals surface area contributed by atoms with Crippen LogP contribution in [0.25, 0.3) is 0 Å². The van der Waals surface area contributed by atoms with Gasteiger partial charge in [0.1, 0.15) is 0 Å². The Balaban J connectivity index is 1.78. The van der Waals surface area contributed by atoms with E-state index < -0.39 is 28.0 Å². The number of non-ortho nitro benzene ring substituents is 1. The molecular weight excluding hydrogens is 312 g/mol. The van der Waals surface area contributed by atoms with E-state index in [1.165, 1.54) is 23.1 Å². The Morgan fingerprint density at radius 2 is 1.71 bits per heavy atom. The summed E-state index contributed by atoms with van der Waals surface area (Å²) in [5.74, 6) is -1.46. The van der Waals surface area contributed by atoms with Crippen LogP contribution in [0.4, 0.5) is 11.4 Å². The molecule has 126 valence electrons. The lowest BCUT2D eigenvalue weighted by atomic mass is 9.69. The number of fused-ring (bicyclic) bond motifs is 5. The zero-order valence-electron chi connectivity index (χ0n) is 13.7. The zero-order chi connectivity index (χ0) is 17.4. The molecule has 24 heavy (non-hydrogen) atoms. The van der Waals surface area contributed by atoms with Gasteiger partial charge in [-0.2, -0.15) is 0 Å². The van der Waals surface area contributed by atoms with Crippen LogP contribution in [-0.2, 0) is 14.3 Å². The lowest BCUT2D eigenvalue weighted by Crippen LogP contribution is -2.40. The lowest BCUT2D eigenvalue weighted by Gasteiger charge is -2.27. The molecule has 2 bridgehead atoms. The van der Waals surface area contributed by atoms with Crippen LogP contribution in [0.3, 0.4) is 0 Å². The van der Waals surface area contributed by atoms with Gasteiger partial charge in [-0.3, -0.25) is 19.7 Å². The van der Waals surface area contributed by atoms with Crippen molar-refractivity contribution in [2.45, 2.75) is 44.8 Å². The minimum absolute atomic E-state index is 0.0575. The van der Waals surface area contributed by atoms with Crippen LogP contribution in [0, 0.1) is 28.9 Å². The Hall–Kier alpha value is -2.28. The minimum atomic E-state index is -0.602. The van der Waals surface area contributed by atoms with Crippen LogP contribution < -0.4 is 4.90 Å². The highest BCUT2D eigenvalue weighted by atomic mass is 16.6. The highest BCUT2D eigenvalue weighted by Gasteiger charge is 2.72. The molecule has 0 aliphatic carbocycles. The second-order valence-electron chi connectivity index (χ2n) is 7.42. The summed E-state index contributed by atoms with van der Waals surface area (Å²) in [6, 6.07) is 4.20. The molecule has 3 aliphatic heterocycles. The molecule has 0 radical (unpaired) electrons. The molecule has 1 aromatic rings. The van der Waals surface area contributed by atoms with E-state index in [0.717, 1.165) is 12.8 Å². The first kappa shape index (κ1) is 15.3. The van der Waals surface area contributed by atoms with Gasteiger partial charge in [0.25, 0.3) is 5.69 Å². The average molecular weight is 330 g/mol. The number of nitrogens with zero attached hydrogens (tertiary/aromatic N) is 2. The number of carbonyl (C=O) groups is 2. The number of rotatable bonds is 2. The zero-order valence-corrected chi connectivity index (χ0v) is 13.7. The van der Waals surface area contributed by atoms with E-state index in [1.54, 1.807) is 6.92 Å². The lowest BCUT2D eigenvalue weighted by molar-refractivity contribution is -0.384. The maximum atomic E-state index is 13.0. The fourth-order valence-corrected chi connectivity index (χ4v) is 4.71. The van der Waals surface area contributed by atoms with E-state index in [4.69, 9.17) is 4.74 Å². The van der Waals surface area contributed by atoms with Crippen molar-refractivity contribution in [3.8, 4) is 0 Å². The van der Waals surface area contributed by atoms with Crippen LogP contribution in [0.5, 0.6) is 0 Å². The molecule has 3 aliphatic rings. The van der Waals surface area contributed by atoms with Gasteiger partial charge < -0.3 is 4.74 Å². The molecule has 0 spiro atoms. The summed E-state index contributed by atoms with van der Waals surface area (Å²) in [5.41, 5.74) is -0.297. The molecule has 4 rings (SSSR count). The first-order valence-corrected chi connectivity index (χ1v) is 8.01. The Morgan fingerprint density at radius 1 is 1.17 bits per heavy atom. The van der Waals surface area contributed by atoms with Gasteiger partial charge in [0.15, 0.2) is 0 Å². The van der Waals surface area contributed by atoms with Crippen LogP contribution in [0.15, 0.2) is 18.2 Å². The van der Waals surface area contributed by atoms with Crippen LogP contribution in [0.2, 0.25) is 0 Å². The van der Waals surface area contributed by atoms with Gasteiger partial charge in [0, 0.05) is 12.1 Å². The standard InChI is InChI=1S/C17H18N2O5/c1-9-8-10(19(22)23)4-5-11(9)18-14(20)12-13(15(18)21)17(3)7-6-16(12,2)24-17/h4-5,8,12-13H,6-7H2,1-3H3/t12-,13+,16?,17?. The number of hydrogen-bond acceptors (Lipinski definition) is 5. The molecule has 2 unspecified atom stereocenters. The Morgan fingerprint density at radius 3 is 2.17 bits per heavy atom. The number of aryl methyl sites for hydroxylation is 1. The third-order valence-corrected chi connectivity index (χ3v) is 5.84. The number of imide groups is 1. The SMILES string of the molecule is Cc1cc([N+](=O)[O-])ccc1N1C(=O)[C@@H]2[C@H](C1=O)C1(C)CCC2(C)O1. The van der Waals surface area contributed by atoms with Gasteiger partial charge >= 0.3 is 0 Å². The molecule has 7 nitrogen and oxygen atoms in total. The van der Waals surface area contributed by atoms with E-state index in [2.05, 4.69) is 0 Å². The number of anilines is 1. The van der Waals surface area contributed by atoms with Gasteiger partial charge in [-0.15, -0.1) is 0 Å². The monoisotopic (exact) mass is 330 g/mol. The van der Waals surface area contributed by atoms with Crippen molar-refractivity contribution in [2.24, 2.45) is 11.8 Å². The van der Waals surface area contributed by atoms with Crippen molar-refractivity contribution < 1.29 is 19.2 Å². The first-order chi connectivity index (χ1) is 11.2. The Bertz CT molecular complexity index is 772. The molecule has 0 N–H and O–H groups in total. The fraction of sp³-hybridized carbons (Fsp3) is 0.529. The smallest absolute Gasteiger partial charge is 0.269 e. The van der Waals surface area contributed by atoms with Crippen molar-refractivity contribution in [2.75, 3.05) is 4.90 Å². The van der Waals surface area contributed by atoms with Crippen LogP contribution in [0.1, 0.15) is 32.3 Å². The molecule has 7 heteroatoms. The number of carbonyl (C=O) groups excluding carboxylic acids is 2. The van der Waals surface area contributed by atoms with Gasteiger partial charge in [-0.1, -0.05) is 0 Å². The first-order valence-electron chi connectivity index (χ1n) is 8.01. The quantitative estimate of drug-likeness (QED) is 0.472. The third kappa shape index (κ3) is 1.70. The highest BCUT2D eigenvalue weighted by Crippen LogP contribution is 2.61. The molecule has 3 heterocycles. The number of nitro groups is 1. The summed E-state index contributed by atoms with van der Waals surface area (Å²) in [6.45, 7) is 5.48. The average Bonchev–Trinajstić information content (AvgIpc) is 3.04. The van der Waals surface area contributed by atoms with Gasteiger partial charge in [-0.05, 0) is 45.2 Å². The van der Waals surface area contributed by atoms with E-state index in [9.17, 15) is 19.7 Å². The molecule has 3 fully saturated rings. The van der Waals surface area contributed by atoms with Crippen molar-refractivity contribution in [3.05, 3.63) is 33.9 Å². The second-order valence-corrected chi connectivity index (χ2v) is 7.42.